The van der Waals surface area contributed by atoms with Crippen molar-refractivity contribution < 1.29 is 24.0 Å². The van der Waals surface area contributed by atoms with Gasteiger partial charge in [-0.3, -0.25) is 14.4 Å². The van der Waals surface area contributed by atoms with Crippen LogP contribution in [0.1, 0.15) is 24.8 Å². The van der Waals surface area contributed by atoms with E-state index in [0.717, 1.165) is 5.56 Å². The molecule has 0 radical (unpaired) electrons. The van der Waals surface area contributed by atoms with Crippen LogP contribution in [0, 0.1) is 11.3 Å². The Labute approximate surface area is 206 Å². The predicted octanol–water partition coefficient (Wildman–Crippen LogP) is 2.22. The van der Waals surface area contributed by atoms with Crippen LogP contribution in [0.5, 0.6) is 5.75 Å². The average Bonchev–Trinajstić information content (AvgIpc) is 3.43. The molecule has 2 aliphatic heterocycles. The van der Waals surface area contributed by atoms with Crippen LogP contribution in [0.25, 0.3) is 0 Å². The number of hydrogen-bond donors (Lipinski definition) is 2. The maximum Gasteiger partial charge on any atom is 0.262 e. The summed E-state index contributed by atoms with van der Waals surface area (Å²) in [5.74, 6) is -0.953. The first kappa shape index (κ1) is 24.0. The van der Waals surface area contributed by atoms with Crippen LogP contribution in [-0.2, 0) is 19.2 Å². The molecule has 0 bridgehead atoms. The molecule has 0 aromatic heterocycles. The third kappa shape index (κ3) is 5.53. The number of nitrogens with two attached hydrogens (primary N) is 1. The molecule has 11 heteroatoms. The second kappa shape index (κ2) is 10.0. The van der Waals surface area contributed by atoms with E-state index in [1.807, 2.05) is 6.07 Å². The number of nitrogens with zero attached hydrogens (tertiary/aromatic N) is 3. The summed E-state index contributed by atoms with van der Waals surface area (Å²) in [5.41, 5.74) is 6.46. The van der Waals surface area contributed by atoms with Gasteiger partial charge in [0.25, 0.3) is 5.91 Å². The molecule has 1 spiro atoms. The highest BCUT2D eigenvalue weighted by molar-refractivity contribution is 6.30. The van der Waals surface area contributed by atoms with Gasteiger partial charge < -0.3 is 25.5 Å². The van der Waals surface area contributed by atoms with Crippen molar-refractivity contribution in [1.82, 2.24) is 4.90 Å². The number of benzene rings is 2. The van der Waals surface area contributed by atoms with Gasteiger partial charge >= 0.3 is 0 Å². The number of rotatable bonds is 7. The van der Waals surface area contributed by atoms with Crippen molar-refractivity contribution in [2.24, 2.45) is 10.9 Å². The number of nitriles is 1. The van der Waals surface area contributed by atoms with Crippen LogP contribution in [0.3, 0.4) is 0 Å². The van der Waals surface area contributed by atoms with Crippen LogP contribution in [-0.4, -0.2) is 53.1 Å². The van der Waals surface area contributed by atoms with Gasteiger partial charge in [0.05, 0.1) is 18.3 Å². The predicted molar refractivity (Wildman–Crippen MR) is 127 cm³/mol. The Balaban J connectivity index is 1.39. The number of amides is 3. The molecule has 35 heavy (non-hydrogen) atoms. The Morgan fingerprint density at radius 1 is 1.29 bits per heavy atom. The average molecular weight is 496 g/mol. The fourth-order valence-electron chi connectivity index (χ4n) is 4.16. The van der Waals surface area contributed by atoms with Gasteiger partial charge in [-0.1, -0.05) is 28.9 Å². The number of likely N-dealkylation sites (tertiary alicyclic amines) is 1. The Kier molecular flexibility index (Phi) is 6.89. The van der Waals surface area contributed by atoms with Crippen molar-refractivity contribution in [1.29, 1.82) is 5.26 Å². The smallest absolute Gasteiger partial charge is 0.262 e. The molecule has 2 atom stereocenters. The molecular weight excluding hydrogens is 474 g/mol. The van der Waals surface area contributed by atoms with Gasteiger partial charge in [-0.05, 0) is 36.4 Å². The normalized spacial score (nSPS) is 20.6. The molecule has 0 aliphatic carbocycles. The van der Waals surface area contributed by atoms with E-state index in [1.165, 1.54) is 4.90 Å². The first-order chi connectivity index (χ1) is 16.8. The summed E-state index contributed by atoms with van der Waals surface area (Å²) in [5, 5.41) is 16.4. The van der Waals surface area contributed by atoms with E-state index in [0.29, 0.717) is 28.6 Å². The molecule has 2 aliphatic rings. The number of halogens is 1. The van der Waals surface area contributed by atoms with Gasteiger partial charge in [-0.2, -0.15) is 5.26 Å². The number of hydrogen-bond acceptors (Lipinski definition) is 7. The Hall–Kier alpha value is -4.10. The summed E-state index contributed by atoms with van der Waals surface area (Å²) < 4.78 is 5.46. The standard InChI is InChI=1S/C24H22ClN5O5/c25-16-4-6-18(7-5-16)34-13-21(31)28-17-3-1-2-15(10-17)19-11-24(35-29-19)12-20(23(27)33)30(14-24)22(32)8-9-26/h1-7,10,20H,8,11-14H2,(H2,27,33)(H,28,31)/t20-,24?/m1/s1. The number of carbonyl (C=O) groups is 3. The zero-order chi connectivity index (χ0) is 25.0. The Morgan fingerprint density at radius 3 is 2.77 bits per heavy atom. The lowest BCUT2D eigenvalue weighted by molar-refractivity contribution is -0.136. The number of primary amides is 1. The minimum atomic E-state index is -0.897. The molecule has 2 heterocycles. The largest absolute Gasteiger partial charge is 0.484 e. The molecular formula is C24H22ClN5O5. The van der Waals surface area contributed by atoms with Gasteiger partial charge in [0, 0.05) is 29.1 Å². The lowest BCUT2D eigenvalue weighted by atomic mass is 9.91. The fraction of sp³-hybridized carbons (Fsp3) is 0.292. The van der Waals surface area contributed by atoms with E-state index in [4.69, 9.17) is 32.2 Å². The highest BCUT2D eigenvalue weighted by atomic mass is 35.5. The zero-order valence-electron chi connectivity index (χ0n) is 18.6. The number of ether oxygens (including phenoxy) is 1. The van der Waals surface area contributed by atoms with Crippen molar-refractivity contribution in [3.63, 3.8) is 0 Å². The highest BCUT2D eigenvalue weighted by Crippen LogP contribution is 2.39. The summed E-state index contributed by atoms with van der Waals surface area (Å²) in [7, 11) is 0. The molecule has 3 amide bonds. The van der Waals surface area contributed by atoms with E-state index >= 15 is 0 Å². The minimum Gasteiger partial charge on any atom is -0.484 e. The molecule has 4 rings (SSSR count). The second-order valence-electron chi connectivity index (χ2n) is 8.34. The number of nitrogens with one attached hydrogen (secondary N) is 1. The zero-order valence-corrected chi connectivity index (χ0v) is 19.3. The van der Waals surface area contributed by atoms with Gasteiger partial charge in [0.1, 0.15) is 18.2 Å². The molecule has 2 aromatic rings. The van der Waals surface area contributed by atoms with Crippen LogP contribution < -0.4 is 15.8 Å². The summed E-state index contributed by atoms with van der Waals surface area (Å²) in [6.45, 7) is -0.0767. The molecule has 0 saturated carbocycles. The van der Waals surface area contributed by atoms with Crippen molar-refractivity contribution in [3.05, 3.63) is 59.1 Å². The third-order valence-corrected chi connectivity index (χ3v) is 6.03. The number of anilines is 1. The molecule has 1 saturated heterocycles. The summed E-state index contributed by atoms with van der Waals surface area (Å²) in [6.07, 6.45) is 0.173. The van der Waals surface area contributed by atoms with Gasteiger partial charge in [-0.15, -0.1) is 0 Å². The summed E-state index contributed by atoms with van der Waals surface area (Å²) in [4.78, 5) is 43.5. The first-order valence-corrected chi connectivity index (χ1v) is 11.2. The van der Waals surface area contributed by atoms with Gasteiger partial charge in [-0.25, -0.2) is 0 Å². The lowest BCUT2D eigenvalue weighted by Crippen LogP contribution is -2.43. The van der Waals surface area contributed by atoms with Crippen molar-refractivity contribution in [2.45, 2.75) is 30.9 Å². The van der Waals surface area contributed by atoms with E-state index in [1.54, 1.807) is 48.5 Å². The molecule has 3 N–H and O–H groups in total. The molecule has 10 nitrogen and oxygen atoms in total. The topological polar surface area (TPSA) is 147 Å². The van der Waals surface area contributed by atoms with Crippen LogP contribution in [0.4, 0.5) is 5.69 Å². The van der Waals surface area contributed by atoms with Crippen LogP contribution in [0.2, 0.25) is 5.02 Å². The Morgan fingerprint density at radius 2 is 2.06 bits per heavy atom. The molecule has 1 fully saturated rings. The number of carbonyl (C=O) groups excluding carboxylic acids is 3. The van der Waals surface area contributed by atoms with Crippen molar-refractivity contribution in [3.8, 4) is 11.8 Å². The molecule has 180 valence electrons. The fourth-order valence-corrected chi connectivity index (χ4v) is 4.28. The first-order valence-electron chi connectivity index (χ1n) is 10.8. The second-order valence-corrected chi connectivity index (χ2v) is 8.78. The van der Waals surface area contributed by atoms with E-state index in [2.05, 4.69) is 10.5 Å². The maximum atomic E-state index is 12.3. The van der Waals surface area contributed by atoms with E-state index in [9.17, 15) is 14.4 Å². The number of oxime groups is 1. The highest BCUT2D eigenvalue weighted by Gasteiger charge is 2.53. The van der Waals surface area contributed by atoms with Crippen LogP contribution >= 0.6 is 11.6 Å². The van der Waals surface area contributed by atoms with Crippen molar-refractivity contribution >= 4 is 40.7 Å². The third-order valence-electron chi connectivity index (χ3n) is 5.78. The van der Waals surface area contributed by atoms with Crippen LogP contribution in [0.15, 0.2) is 53.7 Å². The lowest BCUT2D eigenvalue weighted by Gasteiger charge is -2.22. The minimum absolute atomic E-state index is 0.104. The van der Waals surface area contributed by atoms with Gasteiger partial charge in [0.15, 0.2) is 12.2 Å². The molecule has 1 unspecified atom stereocenters. The SMILES string of the molecule is N#CCC(=O)N1CC2(CC(c3cccc(NC(=O)COc4ccc(Cl)cc4)c3)=NO2)C[C@@H]1C(N)=O. The maximum absolute atomic E-state index is 12.3. The summed E-state index contributed by atoms with van der Waals surface area (Å²) in [6, 6.07) is 14.7. The van der Waals surface area contributed by atoms with E-state index < -0.39 is 23.5 Å². The Bertz CT molecular complexity index is 1230. The van der Waals surface area contributed by atoms with Gasteiger partial charge in [0.2, 0.25) is 11.8 Å². The summed E-state index contributed by atoms with van der Waals surface area (Å²) >= 11 is 5.84. The van der Waals surface area contributed by atoms with E-state index in [-0.39, 0.29) is 31.9 Å². The van der Waals surface area contributed by atoms with Crippen molar-refractivity contribution in [2.75, 3.05) is 18.5 Å². The monoisotopic (exact) mass is 495 g/mol. The quantitative estimate of drug-likeness (QED) is 0.601. The molecule has 2 aromatic carbocycles.